The van der Waals surface area contributed by atoms with Crippen molar-refractivity contribution in [2.24, 2.45) is 16.7 Å². The number of carbonyl (C=O) groups is 1. The minimum Gasteiger partial charge on any atom is -0.380 e. The molecule has 0 aromatic heterocycles. The number of carbonyl (C=O) groups excluding carboxylic acids is 1. The van der Waals surface area contributed by atoms with E-state index < -0.39 is 0 Å². The molecule has 3 nitrogen and oxygen atoms in total. The Hall–Kier alpha value is -0.410. The van der Waals surface area contributed by atoms with E-state index in [1.165, 1.54) is 0 Å². The second-order valence-electron chi connectivity index (χ2n) is 7.40. The van der Waals surface area contributed by atoms with Crippen molar-refractivity contribution in [3.63, 3.8) is 0 Å². The maximum absolute atomic E-state index is 11.8. The molecule has 3 heteroatoms. The number of hydrogen-bond donors (Lipinski definition) is 1. The Morgan fingerprint density at radius 1 is 1.11 bits per heavy atom. The average Bonchev–Trinajstić information content (AvgIpc) is 2.25. The molecule has 0 bridgehead atoms. The highest BCUT2D eigenvalue weighted by Crippen LogP contribution is 2.24. The fraction of sp³-hybridized carbons (Fsp3) is 0.938. The van der Waals surface area contributed by atoms with E-state index in [-0.39, 0.29) is 16.7 Å². The van der Waals surface area contributed by atoms with Gasteiger partial charge in [0.05, 0.1) is 13.2 Å². The molecule has 0 spiro atoms. The van der Waals surface area contributed by atoms with Gasteiger partial charge in [-0.2, -0.15) is 0 Å². The molecule has 0 aromatic carbocycles. The van der Waals surface area contributed by atoms with E-state index in [4.69, 9.17) is 4.74 Å². The first kappa shape index (κ1) is 18.6. The Balaban J connectivity index is 4.07. The van der Waals surface area contributed by atoms with Gasteiger partial charge in [0.25, 0.3) is 0 Å². The lowest BCUT2D eigenvalue weighted by Crippen LogP contribution is -2.35. The van der Waals surface area contributed by atoms with Gasteiger partial charge >= 0.3 is 0 Å². The monoisotopic (exact) mass is 271 g/mol. The van der Waals surface area contributed by atoms with Gasteiger partial charge in [-0.15, -0.1) is 0 Å². The predicted octanol–water partition coefficient (Wildman–Crippen LogP) is 3.28. The number of ketones is 1. The fourth-order valence-electron chi connectivity index (χ4n) is 1.84. The summed E-state index contributed by atoms with van der Waals surface area (Å²) >= 11 is 0. The zero-order chi connectivity index (χ0) is 15.1. The van der Waals surface area contributed by atoms with E-state index in [1.807, 2.05) is 13.8 Å². The van der Waals surface area contributed by atoms with Gasteiger partial charge in [0, 0.05) is 24.3 Å². The van der Waals surface area contributed by atoms with E-state index in [0.717, 1.165) is 19.7 Å². The molecule has 0 atom stereocenters. The Kier molecular flexibility index (Phi) is 7.83. The minimum atomic E-state index is -0.0738. The Bertz CT molecular complexity index is 270. The topological polar surface area (TPSA) is 38.3 Å². The Morgan fingerprint density at radius 2 is 1.63 bits per heavy atom. The molecule has 0 aliphatic rings. The van der Waals surface area contributed by atoms with Crippen molar-refractivity contribution in [2.45, 2.75) is 54.9 Å². The fourth-order valence-corrected chi connectivity index (χ4v) is 1.84. The van der Waals surface area contributed by atoms with Gasteiger partial charge in [0.1, 0.15) is 5.78 Å². The van der Waals surface area contributed by atoms with Crippen LogP contribution in [0.15, 0.2) is 0 Å². The summed E-state index contributed by atoms with van der Waals surface area (Å²) in [5, 5.41) is 3.35. The summed E-state index contributed by atoms with van der Waals surface area (Å²) in [6.07, 6.45) is 0.596. The highest BCUT2D eigenvalue weighted by atomic mass is 16.5. The smallest absolute Gasteiger partial charge is 0.136 e. The second-order valence-corrected chi connectivity index (χ2v) is 7.40. The molecule has 0 amide bonds. The third-order valence-electron chi connectivity index (χ3n) is 3.14. The van der Waals surface area contributed by atoms with Crippen LogP contribution in [0.5, 0.6) is 0 Å². The third-order valence-corrected chi connectivity index (χ3v) is 3.14. The molecule has 0 unspecified atom stereocenters. The van der Waals surface area contributed by atoms with Gasteiger partial charge in [-0.05, 0) is 12.0 Å². The van der Waals surface area contributed by atoms with Crippen molar-refractivity contribution in [1.82, 2.24) is 5.32 Å². The molecule has 0 rings (SSSR count). The van der Waals surface area contributed by atoms with Crippen LogP contribution in [-0.2, 0) is 9.53 Å². The zero-order valence-corrected chi connectivity index (χ0v) is 13.9. The second kappa shape index (κ2) is 8.01. The maximum Gasteiger partial charge on any atom is 0.136 e. The average molecular weight is 271 g/mol. The summed E-state index contributed by atoms with van der Waals surface area (Å²) in [6, 6.07) is 0. The van der Waals surface area contributed by atoms with Gasteiger partial charge in [0.15, 0.2) is 0 Å². The lowest BCUT2D eigenvalue weighted by Gasteiger charge is -2.29. The van der Waals surface area contributed by atoms with Crippen LogP contribution in [0.1, 0.15) is 54.9 Å². The van der Waals surface area contributed by atoms with Crippen molar-refractivity contribution in [2.75, 3.05) is 26.3 Å². The highest BCUT2D eigenvalue weighted by Gasteiger charge is 2.25. The van der Waals surface area contributed by atoms with Crippen molar-refractivity contribution < 1.29 is 9.53 Å². The van der Waals surface area contributed by atoms with Crippen LogP contribution in [0.4, 0.5) is 0 Å². The van der Waals surface area contributed by atoms with Crippen molar-refractivity contribution >= 4 is 5.78 Å². The van der Waals surface area contributed by atoms with E-state index in [0.29, 0.717) is 18.8 Å². The van der Waals surface area contributed by atoms with Crippen molar-refractivity contribution in [1.29, 1.82) is 0 Å². The van der Waals surface area contributed by atoms with Crippen LogP contribution in [0.25, 0.3) is 0 Å². The molecule has 0 aromatic rings. The standard InChI is InChI=1S/C16H33NO2/c1-8-17-10-16(6,7)12-19-11-15(4,5)9-14(18)13(2)3/h13,17H,8-12H2,1-7H3. The molecule has 1 N–H and O–H groups in total. The number of Topliss-reactive ketones (excluding diaryl/α,β-unsaturated/α-hetero) is 1. The quantitative estimate of drug-likeness (QED) is 0.662. The van der Waals surface area contributed by atoms with Crippen LogP contribution >= 0.6 is 0 Å². The Labute approximate surface area is 119 Å². The summed E-state index contributed by atoms with van der Waals surface area (Å²) < 4.78 is 5.85. The number of hydrogen-bond acceptors (Lipinski definition) is 3. The molecular formula is C16H33NO2. The molecule has 0 radical (unpaired) electrons. The molecule has 0 saturated carbocycles. The Morgan fingerprint density at radius 3 is 2.11 bits per heavy atom. The summed E-state index contributed by atoms with van der Waals surface area (Å²) in [6.45, 7) is 17.9. The molecule has 0 saturated heterocycles. The summed E-state index contributed by atoms with van der Waals surface area (Å²) in [7, 11) is 0. The number of rotatable bonds is 10. The van der Waals surface area contributed by atoms with Crippen LogP contribution in [0.3, 0.4) is 0 Å². The molecule has 114 valence electrons. The summed E-state index contributed by atoms with van der Waals surface area (Å²) in [5.74, 6) is 0.435. The van der Waals surface area contributed by atoms with Crippen LogP contribution < -0.4 is 5.32 Å². The molecule has 19 heavy (non-hydrogen) atoms. The minimum absolute atomic E-state index is 0.0738. The normalized spacial score (nSPS) is 13.1. The molecule has 0 aliphatic heterocycles. The zero-order valence-electron chi connectivity index (χ0n) is 13.9. The van der Waals surface area contributed by atoms with Gasteiger partial charge in [-0.3, -0.25) is 4.79 Å². The summed E-state index contributed by atoms with van der Waals surface area (Å²) in [4.78, 5) is 11.8. The van der Waals surface area contributed by atoms with Crippen molar-refractivity contribution in [3.05, 3.63) is 0 Å². The lowest BCUT2D eigenvalue weighted by molar-refractivity contribution is -0.125. The lowest BCUT2D eigenvalue weighted by atomic mass is 9.85. The van der Waals surface area contributed by atoms with Gasteiger partial charge in [-0.25, -0.2) is 0 Å². The maximum atomic E-state index is 11.8. The van der Waals surface area contributed by atoms with E-state index in [9.17, 15) is 4.79 Å². The predicted molar refractivity (Wildman–Crippen MR) is 81.4 cm³/mol. The van der Waals surface area contributed by atoms with Crippen LogP contribution in [-0.4, -0.2) is 32.1 Å². The highest BCUT2D eigenvalue weighted by molar-refractivity contribution is 5.80. The third kappa shape index (κ3) is 9.17. The van der Waals surface area contributed by atoms with E-state index in [1.54, 1.807) is 0 Å². The first-order chi connectivity index (χ1) is 8.59. The molecule has 0 heterocycles. The molecule has 0 aliphatic carbocycles. The van der Waals surface area contributed by atoms with Crippen LogP contribution in [0.2, 0.25) is 0 Å². The van der Waals surface area contributed by atoms with Gasteiger partial charge in [0.2, 0.25) is 0 Å². The van der Waals surface area contributed by atoms with E-state index in [2.05, 4.69) is 39.9 Å². The van der Waals surface area contributed by atoms with Crippen molar-refractivity contribution in [3.8, 4) is 0 Å². The van der Waals surface area contributed by atoms with E-state index >= 15 is 0 Å². The summed E-state index contributed by atoms with van der Waals surface area (Å²) in [5.41, 5.74) is 0.0593. The largest absolute Gasteiger partial charge is 0.380 e. The number of ether oxygens (including phenoxy) is 1. The first-order valence-corrected chi connectivity index (χ1v) is 7.41. The van der Waals surface area contributed by atoms with Gasteiger partial charge < -0.3 is 10.1 Å². The van der Waals surface area contributed by atoms with Gasteiger partial charge in [-0.1, -0.05) is 48.5 Å². The molecule has 0 fully saturated rings. The van der Waals surface area contributed by atoms with Crippen LogP contribution in [0, 0.1) is 16.7 Å². The SMILES string of the molecule is CCNCC(C)(C)COCC(C)(C)CC(=O)C(C)C. The first-order valence-electron chi connectivity index (χ1n) is 7.41. The molecular weight excluding hydrogens is 238 g/mol. The number of nitrogens with one attached hydrogen (secondary N) is 1.